The fraction of sp³-hybridized carbons (Fsp3) is 1.00. The molecule has 6 fully saturated rings. The minimum Gasteiger partial charge on any atom is -0.394 e. The summed E-state index contributed by atoms with van der Waals surface area (Å²) in [6, 6.07) is 0. The molecule has 0 aliphatic carbocycles. The third kappa shape index (κ3) is 11.8. The van der Waals surface area contributed by atoms with E-state index >= 15 is 0 Å². The molecule has 0 radical (unpaired) electrons. The van der Waals surface area contributed by atoms with E-state index in [1.165, 1.54) is 0 Å². The lowest BCUT2D eigenvalue weighted by Crippen LogP contribution is -2.66. The minimum atomic E-state index is -2.16. The van der Waals surface area contributed by atoms with Gasteiger partial charge in [0.2, 0.25) is 0 Å². The van der Waals surface area contributed by atoms with Gasteiger partial charge >= 0.3 is 0 Å². The third-order valence-electron chi connectivity index (χ3n) is 12.4. The van der Waals surface area contributed by atoms with Crippen LogP contribution in [0.4, 0.5) is 0 Å². The largest absolute Gasteiger partial charge is 0.394 e. The van der Waals surface area contributed by atoms with Gasteiger partial charge in [0.15, 0.2) is 37.7 Å². The van der Waals surface area contributed by atoms with Gasteiger partial charge in [0.1, 0.15) is 146 Å². The van der Waals surface area contributed by atoms with Gasteiger partial charge in [-0.3, -0.25) is 0 Å². The number of ether oxygens (including phenoxy) is 11. The van der Waals surface area contributed by atoms with Crippen molar-refractivity contribution in [3.05, 3.63) is 0 Å². The molecule has 0 spiro atoms. The molecule has 6 saturated heterocycles. The summed E-state index contributed by atoms with van der Waals surface area (Å²) >= 11 is 0. The zero-order valence-corrected chi connectivity index (χ0v) is 35.0. The van der Waals surface area contributed by atoms with Crippen molar-refractivity contribution in [2.24, 2.45) is 0 Å². The summed E-state index contributed by atoms with van der Waals surface area (Å²) in [7, 11) is 0. The SMILES string of the molecule is OC[C@H]1O[C@H](OC[C@H]2O[C@H](O[C@@H]3[C@@H](O)[C@@H](OC[C@H]4O[C@H](OC[C@H]5O[C@H](O)[C@H](O)[C@@H](O)[C@@H]5O)[C@H](O)[C@@H](O)[C@@H]4O)O[C@H](CO[C@H]4O[C@H](CO)[C@@H](O)[C@H](O)[C@H]4O)[C@H]3O)[C@H](O)[C@@H](O)[C@@H]2O)[C@H](O)[C@@H](O)[C@@H]1O. The van der Waals surface area contributed by atoms with E-state index < -0.39 is 224 Å². The van der Waals surface area contributed by atoms with E-state index in [9.17, 15) is 102 Å². The van der Waals surface area contributed by atoms with Gasteiger partial charge < -0.3 is 154 Å². The molecule has 6 heterocycles. The maximum absolute atomic E-state index is 11.5. The van der Waals surface area contributed by atoms with Crippen LogP contribution in [-0.2, 0) is 52.1 Å². The van der Waals surface area contributed by atoms with Crippen LogP contribution in [0.15, 0.2) is 0 Å². The fourth-order valence-electron chi connectivity index (χ4n) is 8.09. The molecule has 31 nitrogen and oxygen atoms in total. The van der Waals surface area contributed by atoms with Crippen molar-refractivity contribution in [3.8, 4) is 0 Å². The quantitative estimate of drug-likeness (QED) is 0.0683. The average molecular weight is 991 g/mol. The summed E-state index contributed by atoms with van der Waals surface area (Å²) in [5.41, 5.74) is 0. The lowest BCUT2D eigenvalue weighted by molar-refractivity contribution is -0.374. The summed E-state index contributed by atoms with van der Waals surface area (Å²) in [5, 5.41) is 208. The molecule has 0 aromatic heterocycles. The fourth-order valence-corrected chi connectivity index (χ4v) is 8.09. The van der Waals surface area contributed by atoms with Crippen molar-refractivity contribution in [3.63, 3.8) is 0 Å². The number of hydrogen-bond donors (Lipinski definition) is 20. The second-order valence-corrected chi connectivity index (χ2v) is 16.9. The van der Waals surface area contributed by atoms with E-state index in [1.807, 2.05) is 0 Å². The summed E-state index contributed by atoms with van der Waals surface area (Å²) in [6.07, 6.45) is -56.0. The lowest BCUT2D eigenvalue weighted by Gasteiger charge is -2.47. The number of aliphatic hydroxyl groups is 20. The lowest BCUT2D eigenvalue weighted by atomic mass is 9.96. The van der Waals surface area contributed by atoms with Gasteiger partial charge in [-0.1, -0.05) is 0 Å². The van der Waals surface area contributed by atoms with Gasteiger partial charge in [-0.05, 0) is 0 Å². The Morgan fingerprint density at radius 2 is 0.522 bits per heavy atom. The molecule has 31 heteroatoms. The number of hydrogen-bond acceptors (Lipinski definition) is 31. The van der Waals surface area contributed by atoms with Crippen molar-refractivity contribution in [2.75, 3.05) is 39.6 Å². The molecule has 392 valence electrons. The van der Waals surface area contributed by atoms with Gasteiger partial charge in [0.05, 0.1) is 39.6 Å². The monoisotopic (exact) mass is 990 g/mol. The van der Waals surface area contributed by atoms with Crippen LogP contribution in [0.1, 0.15) is 0 Å². The highest BCUT2D eigenvalue weighted by molar-refractivity contribution is 4.97. The van der Waals surface area contributed by atoms with Crippen molar-refractivity contribution < 1.29 is 154 Å². The molecule has 0 saturated carbocycles. The Bertz CT molecular complexity index is 1510. The van der Waals surface area contributed by atoms with Crippen LogP contribution in [0.3, 0.4) is 0 Å². The summed E-state index contributed by atoms with van der Waals surface area (Å²) < 4.78 is 60.4. The van der Waals surface area contributed by atoms with Crippen molar-refractivity contribution in [1.29, 1.82) is 0 Å². The van der Waals surface area contributed by atoms with Crippen LogP contribution in [0.25, 0.3) is 0 Å². The Hall–Kier alpha value is -1.24. The molecule has 6 aliphatic heterocycles. The highest BCUT2D eigenvalue weighted by atomic mass is 16.8. The number of aliphatic hydroxyl groups excluding tert-OH is 20. The summed E-state index contributed by atoms with van der Waals surface area (Å²) in [4.78, 5) is 0. The van der Waals surface area contributed by atoms with Crippen LogP contribution >= 0.6 is 0 Å². The van der Waals surface area contributed by atoms with Gasteiger partial charge in [0, 0.05) is 0 Å². The first-order valence-corrected chi connectivity index (χ1v) is 21.1. The van der Waals surface area contributed by atoms with E-state index in [-0.39, 0.29) is 0 Å². The smallest absolute Gasteiger partial charge is 0.187 e. The maximum Gasteiger partial charge on any atom is 0.187 e. The Balaban J connectivity index is 1.16. The molecule has 0 aromatic rings. The molecule has 67 heavy (non-hydrogen) atoms. The molecule has 20 N–H and O–H groups in total. The second kappa shape index (κ2) is 23.5. The van der Waals surface area contributed by atoms with E-state index in [0.29, 0.717) is 0 Å². The minimum absolute atomic E-state index is 0.737. The third-order valence-corrected chi connectivity index (χ3v) is 12.4. The second-order valence-electron chi connectivity index (χ2n) is 16.9. The van der Waals surface area contributed by atoms with Crippen molar-refractivity contribution >= 4 is 0 Å². The van der Waals surface area contributed by atoms with Crippen LogP contribution in [0.2, 0.25) is 0 Å². The Labute approximate surface area is 378 Å². The van der Waals surface area contributed by atoms with Crippen LogP contribution in [-0.4, -0.2) is 326 Å². The average Bonchev–Trinajstić information content (AvgIpc) is 3.31. The molecule has 0 amide bonds. The van der Waals surface area contributed by atoms with Gasteiger partial charge in [-0.2, -0.15) is 0 Å². The predicted octanol–water partition coefficient (Wildman–Crippen LogP) is -14.1. The summed E-state index contributed by atoms with van der Waals surface area (Å²) in [6.45, 7) is -4.91. The maximum atomic E-state index is 11.5. The number of rotatable bonds is 16. The first-order valence-electron chi connectivity index (χ1n) is 21.1. The van der Waals surface area contributed by atoms with Gasteiger partial charge in [-0.25, -0.2) is 0 Å². The highest BCUT2D eigenvalue weighted by Crippen LogP contribution is 2.33. The topological polar surface area (TPSA) is 506 Å². The summed E-state index contributed by atoms with van der Waals surface area (Å²) in [5.74, 6) is 0. The Kier molecular flexibility index (Phi) is 19.4. The molecule has 0 unspecified atom stereocenters. The van der Waals surface area contributed by atoms with Crippen LogP contribution < -0.4 is 0 Å². The first-order chi connectivity index (χ1) is 31.6. The van der Waals surface area contributed by atoms with E-state index in [0.717, 1.165) is 0 Å². The molecule has 6 aliphatic rings. The zero-order valence-electron chi connectivity index (χ0n) is 35.0. The molecular formula is C36H62O31. The molecule has 0 bridgehead atoms. The van der Waals surface area contributed by atoms with Crippen molar-refractivity contribution in [1.82, 2.24) is 0 Å². The molecular weight excluding hydrogens is 928 g/mol. The van der Waals surface area contributed by atoms with Crippen LogP contribution in [0, 0.1) is 0 Å². The van der Waals surface area contributed by atoms with Crippen LogP contribution in [0.5, 0.6) is 0 Å². The van der Waals surface area contributed by atoms with E-state index in [4.69, 9.17) is 52.1 Å². The highest BCUT2D eigenvalue weighted by Gasteiger charge is 2.54. The van der Waals surface area contributed by atoms with Crippen molar-refractivity contribution in [2.45, 2.75) is 184 Å². The van der Waals surface area contributed by atoms with Gasteiger partial charge in [-0.15, -0.1) is 0 Å². The Morgan fingerprint density at radius 1 is 0.254 bits per heavy atom. The zero-order chi connectivity index (χ0) is 49.3. The van der Waals surface area contributed by atoms with E-state index in [2.05, 4.69) is 0 Å². The molecule has 6 rings (SSSR count). The molecule has 30 atom stereocenters. The normalized spacial score (nSPS) is 53.4. The predicted molar refractivity (Wildman–Crippen MR) is 199 cm³/mol. The molecule has 0 aromatic carbocycles. The Morgan fingerprint density at radius 3 is 0.896 bits per heavy atom. The van der Waals surface area contributed by atoms with Gasteiger partial charge in [0.25, 0.3) is 0 Å². The standard InChI is InChI=1S/C36H62O31/c37-1-7-13(39)20(46)25(51)32(62-7)58-5-11-17(43)23(49)28(54)36(66-11)67-30-18(44)12(6-59-33-26(52)21(47)14(40)8(2-38)63-33)65-35(29(30)55)60-4-10-16(42)22(48)27(53)34(64-10)57-3-9-15(41)19(45)24(50)31(56)61-9/h7-56H,1-6H2/t7-,8-,9-,10-,11-,12-,13-,14-,15-,16-,17-,18-,19+,20+,21+,22+,23+,24-,25-,26-,27-,28-,29-,30+,31+,32+,33+,34+,35+,36-/m1/s1. The van der Waals surface area contributed by atoms with E-state index in [1.54, 1.807) is 0 Å². The first kappa shape index (κ1) is 55.1.